The standard InChI is InChI=1S/C45H42N4O7/c50-31-9-13-35-28(16-31)8-12-34(26-4-2-1-3-5-26)41(35)27-6-10-32(11-7-27)56-33-21-47(22-33)23-40(52)48-24-45(25-48)19-29-17-36-37(18-30(29)20-45)44(55)49(43(36)54)38-14-15-39(51)46-42(38)53/h1-7,9-11,13,16-18,33-34,38,41,50H,8,12,14-15,19-25H2,(H,46,51,53). The van der Waals surface area contributed by atoms with Crippen LogP contribution in [-0.4, -0.2) is 94.2 Å². The van der Waals surface area contributed by atoms with Gasteiger partial charge in [-0.1, -0.05) is 48.5 Å². The first-order valence-corrected chi connectivity index (χ1v) is 19.6. The van der Waals surface area contributed by atoms with Gasteiger partial charge in [0.2, 0.25) is 17.7 Å². The van der Waals surface area contributed by atoms with Gasteiger partial charge < -0.3 is 14.7 Å². The number of nitrogens with zero attached hydrogens (tertiary/aromatic N) is 3. The lowest BCUT2D eigenvalue weighted by Gasteiger charge is -2.49. The summed E-state index contributed by atoms with van der Waals surface area (Å²) in [7, 11) is 0. The van der Waals surface area contributed by atoms with E-state index < -0.39 is 29.7 Å². The predicted molar refractivity (Wildman–Crippen MR) is 204 cm³/mol. The van der Waals surface area contributed by atoms with E-state index in [1.165, 1.54) is 22.3 Å². The Hall–Kier alpha value is -5.81. The van der Waals surface area contributed by atoms with Crippen molar-refractivity contribution < 1.29 is 33.8 Å². The number of hydrogen-bond donors (Lipinski definition) is 2. The molecule has 2 aliphatic carbocycles. The van der Waals surface area contributed by atoms with E-state index >= 15 is 0 Å². The number of carbonyl (C=O) groups excluding carboxylic acids is 5. The number of amides is 5. The molecule has 4 aromatic rings. The molecule has 3 saturated heterocycles. The normalized spacial score (nSPS) is 24.0. The van der Waals surface area contributed by atoms with Gasteiger partial charge in [0.05, 0.1) is 17.7 Å². The molecule has 2 N–H and O–H groups in total. The number of benzene rings is 4. The lowest BCUT2D eigenvalue weighted by molar-refractivity contribution is -0.146. The number of fused-ring (bicyclic) bond motifs is 3. The molecule has 4 aliphatic heterocycles. The van der Waals surface area contributed by atoms with Crippen molar-refractivity contribution in [2.75, 3.05) is 32.7 Å². The minimum atomic E-state index is -0.982. The highest BCUT2D eigenvalue weighted by molar-refractivity contribution is 6.23. The first-order valence-electron chi connectivity index (χ1n) is 19.6. The highest BCUT2D eigenvalue weighted by atomic mass is 16.5. The van der Waals surface area contributed by atoms with E-state index in [-0.39, 0.29) is 36.2 Å². The molecule has 0 bridgehead atoms. The third-order valence-electron chi connectivity index (χ3n) is 12.9. The maximum absolute atomic E-state index is 13.3. The van der Waals surface area contributed by atoms with Gasteiger partial charge in [0.15, 0.2) is 0 Å². The maximum Gasteiger partial charge on any atom is 0.262 e. The first kappa shape index (κ1) is 34.7. The molecular formula is C45H42N4O7. The van der Waals surface area contributed by atoms with Gasteiger partial charge in [-0.15, -0.1) is 0 Å². The molecule has 4 aromatic carbocycles. The van der Waals surface area contributed by atoms with Gasteiger partial charge in [-0.25, -0.2) is 0 Å². The van der Waals surface area contributed by atoms with E-state index in [1.807, 2.05) is 23.1 Å². The molecule has 10 rings (SSSR count). The van der Waals surface area contributed by atoms with Gasteiger partial charge >= 0.3 is 0 Å². The number of carbonyl (C=O) groups is 5. The molecule has 3 fully saturated rings. The van der Waals surface area contributed by atoms with Gasteiger partial charge in [0.1, 0.15) is 23.6 Å². The summed E-state index contributed by atoms with van der Waals surface area (Å²) in [5.41, 5.74) is 7.55. The number of aryl methyl sites for hydroxylation is 1. The Morgan fingerprint density at radius 1 is 0.786 bits per heavy atom. The molecule has 1 spiro atoms. The second-order valence-electron chi connectivity index (χ2n) is 16.6. The van der Waals surface area contributed by atoms with Crippen molar-refractivity contribution in [3.63, 3.8) is 0 Å². The van der Waals surface area contributed by atoms with E-state index in [4.69, 9.17) is 4.74 Å². The number of piperidine rings is 1. The summed E-state index contributed by atoms with van der Waals surface area (Å²) in [5.74, 6) is -0.282. The summed E-state index contributed by atoms with van der Waals surface area (Å²) in [6, 6.07) is 27.5. The fourth-order valence-electron chi connectivity index (χ4n) is 10.2. The number of aromatic hydroxyl groups is 1. The van der Waals surface area contributed by atoms with Crippen LogP contribution in [0.15, 0.2) is 84.9 Å². The largest absolute Gasteiger partial charge is 0.508 e. The zero-order valence-corrected chi connectivity index (χ0v) is 30.9. The van der Waals surface area contributed by atoms with Crippen molar-refractivity contribution >= 4 is 29.5 Å². The second kappa shape index (κ2) is 13.2. The molecule has 6 aliphatic rings. The zero-order valence-electron chi connectivity index (χ0n) is 30.9. The predicted octanol–water partition coefficient (Wildman–Crippen LogP) is 4.35. The molecule has 4 heterocycles. The summed E-state index contributed by atoms with van der Waals surface area (Å²) in [6.45, 7) is 2.96. The van der Waals surface area contributed by atoms with E-state index in [2.05, 4.69) is 58.7 Å². The quantitative estimate of drug-likeness (QED) is 0.267. The van der Waals surface area contributed by atoms with Crippen molar-refractivity contribution in [2.24, 2.45) is 5.41 Å². The Bertz CT molecular complexity index is 2270. The third kappa shape index (κ3) is 5.87. The van der Waals surface area contributed by atoms with Crippen molar-refractivity contribution in [3.05, 3.63) is 129 Å². The second-order valence-corrected chi connectivity index (χ2v) is 16.6. The minimum Gasteiger partial charge on any atom is -0.508 e. The zero-order chi connectivity index (χ0) is 38.3. The Morgan fingerprint density at radius 3 is 2.16 bits per heavy atom. The molecule has 0 aromatic heterocycles. The number of imide groups is 2. The summed E-state index contributed by atoms with van der Waals surface area (Å²) in [4.78, 5) is 69.0. The Morgan fingerprint density at radius 2 is 1.48 bits per heavy atom. The van der Waals surface area contributed by atoms with Crippen molar-refractivity contribution in [1.29, 1.82) is 0 Å². The monoisotopic (exact) mass is 750 g/mol. The summed E-state index contributed by atoms with van der Waals surface area (Å²) < 4.78 is 6.33. The topological polar surface area (TPSA) is 137 Å². The van der Waals surface area contributed by atoms with Crippen LogP contribution in [0.2, 0.25) is 0 Å². The van der Waals surface area contributed by atoms with Crippen LogP contribution < -0.4 is 10.1 Å². The lowest BCUT2D eigenvalue weighted by atomic mass is 9.69. The number of likely N-dealkylation sites (tertiary alicyclic amines) is 2. The number of ether oxygens (including phenoxy) is 1. The number of phenolic OH excluding ortho intramolecular Hbond substituents is 1. The highest BCUT2D eigenvalue weighted by Crippen LogP contribution is 2.48. The van der Waals surface area contributed by atoms with Gasteiger partial charge in [0.25, 0.3) is 11.8 Å². The Labute approximate surface area is 324 Å². The molecule has 11 nitrogen and oxygen atoms in total. The molecule has 56 heavy (non-hydrogen) atoms. The van der Waals surface area contributed by atoms with E-state index in [1.54, 1.807) is 18.2 Å². The van der Waals surface area contributed by atoms with Gasteiger partial charge in [-0.3, -0.25) is 39.1 Å². The molecule has 5 amide bonds. The van der Waals surface area contributed by atoms with E-state index in [0.29, 0.717) is 55.5 Å². The van der Waals surface area contributed by atoms with E-state index in [9.17, 15) is 29.1 Å². The molecule has 0 radical (unpaired) electrons. The summed E-state index contributed by atoms with van der Waals surface area (Å²) in [5, 5.41) is 12.4. The molecular weight excluding hydrogens is 709 g/mol. The molecule has 284 valence electrons. The van der Waals surface area contributed by atoms with Crippen LogP contribution in [0.1, 0.15) is 85.2 Å². The van der Waals surface area contributed by atoms with Crippen LogP contribution in [0.5, 0.6) is 11.5 Å². The molecule has 3 atom stereocenters. The molecule has 0 saturated carbocycles. The van der Waals surface area contributed by atoms with Gasteiger partial charge in [0, 0.05) is 43.9 Å². The van der Waals surface area contributed by atoms with Crippen LogP contribution >= 0.6 is 0 Å². The van der Waals surface area contributed by atoms with Gasteiger partial charge in [-0.2, -0.15) is 0 Å². The Kier molecular flexibility index (Phi) is 8.14. The van der Waals surface area contributed by atoms with Crippen LogP contribution in [-0.2, 0) is 33.6 Å². The number of rotatable bonds is 7. The average Bonchev–Trinajstić information content (AvgIpc) is 3.66. The maximum atomic E-state index is 13.3. The van der Waals surface area contributed by atoms with Crippen molar-refractivity contribution in [1.82, 2.24) is 20.0 Å². The fourth-order valence-corrected chi connectivity index (χ4v) is 10.2. The Balaban J connectivity index is 0.722. The van der Waals surface area contributed by atoms with Crippen LogP contribution in [0.3, 0.4) is 0 Å². The van der Waals surface area contributed by atoms with Gasteiger partial charge in [-0.05, 0) is 108 Å². The van der Waals surface area contributed by atoms with E-state index in [0.717, 1.165) is 47.5 Å². The number of hydrogen-bond acceptors (Lipinski definition) is 8. The summed E-state index contributed by atoms with van der Waals surface area (Å²) in [6.07, 6.45) is 3.60. The SMILES string of the molecule is O=C1CCC(N2C(=O)c3cc4c(cc3C2=O)CC2(C4)CN(C(=O)CN3CC(Oc4ccc(C5c6ccc(O)cc6CCC5c5ccccc5)cc4)C3)C2)C(=O)N1. The number of phenols is 1. The van der Waals surface area contributed by atoms with Crippen LogP contribution in [0, 0.1) is 5.41 Å². The average molecular weight is 751 g/mol. The minimum absolute atomic E-state index is 0.00875. The first-order chi connectivity index (χ1) is 27.1. The van der Waals surface area contributed by atoms with Crippen LogP contribution in [0.25, 0.3) is 0 Å². The van der Waals surface area contributed by atoms with Crippen molar-refractivity contribution in [2.45, 2.75) is 62.5 Å². The van der Waals surface area contributed by atoms with Crippen LogP contribution in [0.4, 0.5) is 0 Å². The number of nitrogens with one attached hydrogen (secondary N) is 1. The molecule has 11 heteroatoms. The summed E-state index contributed by atoms with van der Waals surface area (Å²) >= 11 is 0. The van der Waals surface area contributed by atoms with Crippen molar-refractivity contribution in [3.8, 4) is 11.5 Å². The fraction of sp³-hybridized carbons (Fsp3) is 0.356. The smallest absolute Gasteiger partial charge is 0.262 e. The lowest BCUT2D eigenvalue weighted by Crippen LogP contribution is -2.63. The molecule has 3 unspecified atom stereocenters. The highest BCUT2D eigenvalue weighted by Gasteiger charge is 2.51. The third-order valence-corrected chi connectivity index (χ3v) is 12.9.